The number of imidazole rings is 1. The Kier molecular flexibility index (Phi) is 7.69. The number of nitrogens with one attached hydrogen (secondary N) is 1. The third-order valence-corrected chi connectivity index (χ3v) is 3.49. The Labute approximate surface area is 111 Å². The maximum Gasteiger partial charge on any atom is 0.109 e. The van der Waals surface area contributed by atoms with Crippen molar-refractivity contribution in [3.8, 4) is 0 Å². The monoisotopic (exact) mass is 252 g/mol. The van der Waals surface area contributed by atoms with Gasteiger partial charge in [-0.05, 0) is 6.42 Å². The van der Waals surface area contributed by atoms with Gasteiger partial charge in [-0.25, -0.2) is 4.98 Å². The smallest absolute Gasteiger partial charge is 0.109 e. The predicted molar refractivity (Wildman–Crippen MR) is 76.0 cm³/mol. The quantitative estimate of drug-likeness (QED) is 0.382. The summed E-state index contributed by atoms with van der Waals surface area (Å²) < 4.78 is 2.06. The minimum Gasteiger partial charge on any atom is -0.338 e. The third kappa shape index (κ3) is 5.65. The Bertz CT molecular complexity index is 308. The summed E-state index contributed by atoms with van der Waals surface area (Å²) >= 11 is 0. The number of aromatic nitrogens is 2. The Balaban J connectivity index is 2.16. The van der Waals surface area contributed by atoms with E-state index in [0.717, 1.165) is 18.7 Å². The molecule has 1 heterocycles. The minimum absolute atomic E-state index is 0.345. The zero-order valence-corrected chi connectivity index (χ0v) is 11.9. The average molecular weight is 252 g/mol. The topological polar surface area (TPSA) is 55.9 Å². The van der Waals surface area contributed by atoms with E-state index in [1.54, 1.807) is 0 Å². The van der Waals surface area contributed by atoms with Crippen molar-refractivity contribution in [1.82, 2.24) is 15.0 Å². The zero-order valence-electron chi connectivity index (χ0n) is 11.9. The first-order valence-electron chi connectivity index (χ1n) is 7.20. The molecule has 0 radical (unpaired) electrons. The summed E-state index contributed by atoms with van der Waals surface area (Å²) in [5, 5.41) is 0. The molecule has 0 amide bonds. The number of hydrazine groups is 1. The van der Waals surface area contributed by atoms with Crippen LogP contribution in [0.4, 0.5) is 0 Å². The Morgan fingerprint density at radius 1 is 1.28 bits per heavy atom. The molecule has 0 spiro atoms. The summed E-state index contributed by atoms with van der Waals surface area (Å²) in [6.07, 6.45) is 13.8. The van der Waals surface area contributed by atoms with Crippen molar-refractivity contribution >= 4 is 0 Å². The number of rotatable bonds is 10. The van der Waals surface area contributed by atoms with Gasteiger partial charge in [0.1, 0.15) is 5.82 Å². The van der Waals surface area contributed by atoms with Gasteiger partial charge in [0.25, 0.3) is 0 Å². The second-order valence-corrected chi connectivity index (χ2v) is 5.08. The molecule has 1 aromatic rings. The molecule has 0 aromatic carbocycles. The molecule has 0 aliphatic rings. The zero-order chi connectivity index (χ0) is 13.2. The highest BCUT2D eigenvalue weighted by Gasteiger charge is 2.10. The molecule has 1 unspecified atom stereocenters. The van der Waals surface area contributed by atoms with Crippen LogP contribution in [0, 0.1) is 0 Å². The van der Waals surface area contributed by atoms with Crippen molar-refractivity contribution in [1.29, 1.82) is 0 Å². The van der Waals surface area contributed by atoms with Crippen LogP contribution in [0.5, 0.6) is 0 Å². The molecule has 1 rings (SSSR count). The van der Waals surface area contributed by atoms with Crippen molar-refractivity contribution in [2.75, 3.05) is 0 Å². The molecular weight excluding hydrogens is 224 g/mol. The lowest BCUT2D eigenvalue weighted by molar-refractivity contribution is 0.449. The maximum absolute atomic E-state index is 5.61. The van der Waals surface area contributed by atoms with Crippen LogP contribution in [0.1, 0.15) is 57.7 Å². The van der Waals surface area contributed by atoms with Crippen LogP contribution >= 0.6 is 0 Å². The van der Waals surface area contributed by atoms with Gasteiger partial charge in [0, 0.05) is 31.9 Å². The van der Waals surface area contributed by atoms with Crippen LogP contribution in [0.3, 0.4) is 0 Å². The van der Waals surface area contributed by atoms with Gasteiger partial charge >= 0.3 is 0 Å². The summed E-state index contributed by atoms with van der Waals surface area (Å²) in [7, 11) is 2.03. The normalized spacial score (nSPS) is 12.8. The molecular formula is C14H28N4. The summed E-state index contributed by atoms with van der Waals surface area (Å²) in [4.78, 5) is 4.34. The number of unbranched alkanes of at least 4 members (excludes halogenated alkanes) is 5. The second kappa shape index (κ2) is 9.11. The SMILES string of the molecule is CCCCCCCCC(Cc1nccn1C)NN. The van der Waals surface area contributed by atoms with E-state index >= 15 is 0 Å². The molecule has 4 nitrogen and oxygen atoms in total. The molecule has 4 heteroatoms. The van der Waals surface area contributed by atoms with E-state index in [1.165, 1.54) is 38.5 Å². The molecule has 0 aliphatic heterocycles. The summed E-state index contributed by atoms with van der Waals surface area (Å²) in [5.74, 6) is 6.72. The lowest BCUT2D eigenvalue weighted by atomic mass is 10.0. The first-order valence-corrected chi connectivity index (χ1v) is 7.20. The summed E-state index contributed by atoms with van der Waals surface area (Å²) in [6, 6.07) is 0.345. The van der Waals surface area contributed by atoms with Gasteiger partial charge in [-0.15, -0.1) is 0 Å². The highest BCUT2D eigenvalue weighted by Crippen LogP contribution is 2.10. The van der Waals surface area contributed by atoms with Crippen molar-refractivity contribution in [2.24, 2.45) is 12.9 Å². The van der Waals surface area contributed by atoms with Gasteiger partial charge in [0.05, 0.1) is 0 Å². The van der Waals surface area contributed by atoms with Gasteiger partial charge in [0.2, 0.25) is 0 Å². The minimum atomic E-state index is 0.345. The van der Waals surface area contributed by atoms with E-state index in [-0.39, 0.29) is 0 Å². The van der Waals surface area contributed by atoms with Crippen LogP contribution in [-0.2, 0) is 13.5 Å². The second-order valence-electron chi connectivity index (χ2n) is 5.08. The van der Waals surface area contributed by atoms with E-state index in [0.29, 0.717) is 6.04 Å². The Morgan fingerprint density at radius 2 is 2.00 bits per heavy atom. The molecule has 104 valence electrons. The van der Waals surface area contributed by atoms with Gasteiger partial charge in [-0.2, -0.15) is 0 Å². The number of aryl methyl sites for hydroxylation is 1. The number of hydrogen-bond donors (Lipinski definition) is 2. The third-order valence-electron chi connectivity index (χ3n) is 3.49. The van der Waals surface area contributed by atoms with Crippen LogP contribution in [0.25, 0.3) is 0 Å². The molecule has 18 heavy (non-hydrogen) atoms. The fourth-order valence-corrected chi connectivity index (χ4v) is 2.23. The van der Waals surface area contributed by atoms with E-state index in [9.17, 15) is 0 Å². The number of nitrogens with zero attached hydrogens (tertiary/aromatic N) is 2. The van der Waals surface area contributed by atoms with Crippen molar-refractivity contribution in [3.05, 3.63) is 18.2 Å². The van der Waals surface area contributed by atoms with Gasteiger partial charge in [0.15, 0.2) is 0 Å². The molecule has 0 saturated carbocycles. The maximum atomic E-state index is 5.61. The van der Waals surface area contributed by atoms with Crippen molar-refractivity contribution in [3.63, 3.8) is 0 Å². The lowest BCUT2D eigenvalue weighted by Crippen LogP contribution is -2.37. The van der Waals surface area contributed by atoms with Crippen LogP contribution < -0.4 is 11.3 Å². The first-order chi connectivity index (χ1) is 8.77. The summed E-state index contributed by atoms with van der Waals surface area (Å²) in [5.41, 5.74) is 2.92. The number of hydrogen-bond acceptors (Lipinski definition) is 3. The fraction of sp³-hybridized carbons (Fsp3) is 0.786. The predicted octanol–water partition coefficient (Wildman–Crippen LogP) is 2.55. The Hall–Kier alpha value is -0.870. The highest BCUT2D eigenvalue weighted by molar-refractivity contribution is 4.94. The molecule has 3 N–H and O–H groups in total. The standard InChI is InChI=1S/C14H28N4/c1-3-4-5-6-7-8-9-13(17-15)12-14-16-10-11-18(14)2/h10-11,13,17H,3-9,12,15H2,1-2H3. The number of nitrogens with two attached hydrogens (primary N) is 1. The van der Waals surface area contributed by atoms with E-state index in [4.69, 9.17) is 5.84 Å². The Morgan fingerprint density at radius 3 is 2.61 bits per heavy atom. The van der Waals surface area contributed by atoms with Crippen molar-refractivity contribution < 1.29 is 0 Å². The van der Waals surface area contributed by atoms with E-state index in [1.807, 2.05) is 19.4 Å². The van der Waals surface area contributed by atoms with Gasteiger partial charge in [-0.3, -0.25) is 11.3 Å². The average Bonchev–Trinajstić information content (AvgIpc) is 2.77. The van der Waals surface area contributed by atoms with Crippen LogP contribution in [0.15, 0.2) is 12.4 Å². The largest absolute Gasteiger partial charge is 0.338 e. The fourth-order valence-electron chi connectivity index (χ4n) is 2.23. The highest BCUT2D eigenvalue weighted by atomic mass is 15.2. The van der Waals surface area contributed by atoms with E-state index in [2.05, 4.69) is 21.9 Å². The molecule has 1 atom stereocenters. The van der Waals surface area contributed by atoms with Crippen molar-refractivity contribution in [2.45, 2.75) is 64.3 Å². The first kappa shape index (κ1) is 15.2. The lowest BCUT2D eigenvalue weighted by Gasteiger charge is -2.15. The molecule has 1 aromatic heterocycles. The van der Waals surface area contributed by atoms with Crippen LogP contribution in [-0.4, -0.2) is 15.6 Å². The molecule has 0 bridgehead atoms. The molecule has 0 aliphatic carbocycles. The van der Waals surface area contributed by atoms with Gasteiger partial charge in [-0.1, -0.05) is 45.4 Å². The molecule has 0 fully saturated rings. The van der Waals surface area contributed by atoms with Gasteiger partial charge < -0.3 is 4.57 Å². The van der Waals surface area contributed by atoms with Crippen LogP contribution in [0.2, 0.25) is 0 Å². The van der Waals surface area contributed by atoms with E-state index < -0.39 is 0 Å². The molecule has 0 saturated heterocycles. The summed E-state index contributed by atoms with van der Waals surface area (Å²) in [6.45, 7) is 2.25.